The highest BCUT2D eigenvalue weighted by Gasteiger charge is 2.17. The van der Waals surface area contributed by atoms with E-state index < -0.39 is 5.91 Å². The van der Waals surface area contributed by atoms with Crippen LogP contribution in [0.15, 0.2) is 42.7 Å². The lowest BCUT2D eigenvalue weighted by Gasteiger charge is -2.24. The summed E-state index contributed by atoms with van der Waals surface area (Å²) in [6.07, 6.45) is 5.40. The summed E-state index contributed by atoms with van der Waals surface area (Å²) in [5, 5.41) is 10.8. The van der Waals surface area contributed by atoms with E-state index in [1.54, 1.807) is 12.4 Å². The Labute approximate surface area is 156 Å². The van der Waals surface area contributed by atoms with Crippen molar-refractivity contribution in [3.05, 3.63) is 48.4 Å². The Morgan fingerprint density at radius 3 is 2.93 bits per heavy atom. The Morgan fingerprint density at radius 1 is 1.22 bits per heavy atom. The van der Waals surface area contributed by atoms with E-state index in [1.807, 2.05) is 30.3 Å². The van der Waals surface area contributed by atoms with Gasteiger partial charge in [0.05, 0.1) is 23.6 Å². The average Bonchev–Trinajstić information content (AvgIpc) is 2.69. The van der Waals surface area contributed by atoms with E-state index in [0.29, 0.717) is 17.3 Å². The second-order valence-corrected chi connectivity index (χ2v) is 6.55. The number of hydrogen-bond acceptors (Lipinski definition) is 7. The van der Waals surface area contributed by atoms with Crippen molar-refractivity contribution in [3.8, 4) is 0 Å². The van der Waals surface area contributed by atoms with Crippen molar-refractivity contribution in [2.75, 3.05) is 23.7 Å². The number of benzene rings is 1. The van der Waals surface area contributed by atoms with Gasteiger partial charge in [0.25, 0.3) is 5.91 Å². The summed E-state index contributed by atoms with van der Waals surface area (Å²) in [7, 11) is 0. The number of fused-ring (bicyclic) bond motifs is 1. The van der Waals surface area contributed by atoms with Gasteiger partial charge in [-0.25, -0.2) is 9.97 Å². The molecule has 27 heavy (non-hydrogen) atoms. The molecule has 1 aliphatic heterocycles. The van der Waals surface area contributed by atoms with Gasteiger partial charge in [-0.2, -0.15) is 0 Å². The Hall–Kier alpha value is -3.26. The first-order valence-corrected chi connectivity index (χ1v) is 8.95. The van der Waals surface area contributed by atoms with Crippen LogP contribution in [-0.4, -0.2) is 40.0 Å². The lowest BCUT2D eigenvalue weighted by molar-refractivity contribution is 0.0996. The quantitative estimate of drug-likeness (QED) is 0.548. The van der Waals surface area contributed by atoms with Crippen molar-refractivity contribution in [3.63, 3.8) is 0 Å². The highest BCUT2D eigenvalue weighted by Crippen LogP contribution is 2.22. The number of amides is 1. The number of carbonyl (C=O) groups is 1. The Balaban J connectivity index is 1.61. The molecule has 1 aliphatic rings. The van der Waals surface area contributed by atoms with Crippen LogP contribution in [0.2, 0.25) is 0 Å². The molecule has 4 rings (SSSR count). The molecule has 0 spiro atoms. The Morgan fingerprint density at radius 2 is 2.11 bits per heavy atom. The molecule has 1 amide bonds. The third kappa shape index (κ3) is 3.95. The third-order valence-electron chi connectivity index (χ3n) is 4.51. The maximum atomic E-state index is 11.8. The number of para-hydroxylation sites is 1. The van der Waals surface area contributed by atoms with Crippen LogP contribution >= 0.6 is 0 Å². The molecule has 5 N–H and O–H groups in total. The normalized spacial score (nSPS) is 16.8. The molecular formula is C19H21N7O. The van der Waals surface area contributed by atoms with Crippen molar-refractivity contribution < 1.29 is 4.79 Å². The van der Waals surface area contributed by atoms with Crippen molar-refractivity contribution in [2.24, 2.45) is 5.73 Å². The fourth-order valence-corrected chi connectivity index (χ4v) is 3.19. The smallest absolute Gasteiger partial charge is 0.271 e. The first-order chi connectivity index (χ1) is 13.2. The van der Waals surface area contributed by atoms with E-state index >= 15 is 0 Å². The summed E-state index contributed by atoms with van der Waals surface area (Å²) in [6, 6.07) is 10.0. The Kier molecular flexibility index (Phi) is 4.80. The van der Waals surface area contributed by atoms with Gasteiger partial charge < -0.3 is 21.7 Å². The molecular weight excluding hydrogens is 342 g/mol. The summed E-state index contributed by atoms with van der Waals surface area (Å²) in [6.45, 7) is 1.91. The van der Waals surface area contributed by atoms with Crippen LogP contribution in [-0.2, 0) is 0 Å². The molecule has 138 valence electrons. The number of nitrogens with two attached hydrogens (primary N) is 1. The highest BCUT2D eigenvalue weighted by atomic mass is 16.1. The van der Waals surface area contributed by atoms with E-state index in [4.69, 9.17) is 5.73 Å². The number of pyridine rings is 1. The maximum Gasteiger partial charge on any atom is 0.271 e. The van der Waals surface area contributed by atoms with Gasteiger partial charge in [0.2, 0.25) is 0 Å². The first-order valence-electron chi connectivity index (χ1n) is 8.95. The van der Waals surface area contributed by atoms with Gasteiger partial charge in [0.1, 0.15) is 5.82 Å². The number of anilines is 3. The zero-order chi connectivity index (χ0) is 18.6. The lowest BCUT2D eigenvalue weighted by Crippen LogP contribution is -2.38. The number of nitrogens with one attached hydrogen (secondary N) is 3. The molecule has 8 heteroatoms. The molecule has 1 fully saturated rings. The largest absolute Gasteiger partial charge is 0.365 e. The predicted molar refractivity (Wildman–Crippen MR) is 105 cm³/mol. The molecule has 1 unspecified atom stereocenters. The maximum absolute atomic E-state index is 11.8. The minimum Gasteiger partial charge on any atom is -0.365 e. The monoisotopic (exact) mass is 363 g/mol. The zero-order valence-corrected chi connectivity index (χ0v) is 14.8. The van der Waals surface area contributed by atoms with Crippen LogP contribution in [0.3, 0.4) is 0 Å². The lowest BCUT2D eigenvalue weighted by atomic mass is 10.1. The molecule has 0 aliphatic carbocycles. The second-order valence-electron chi connectivity index (χ2n) is 6.55. The topological polar surface area (TPSA) is 118 Å². The van der Waals surface area contributed by atoms with E-state index in [2.05, 4.69) is 30.9 Å². The average molecular weight is 363 g/mol. The van der Waals surface area contributed by atoms with E-state index in [-0.39, 0.29) is 11.7 Å². The van der Waals surface area contributed by atoms with Crippen LogP contribution in [0, 0.1) is 0 Å². The predicted octanol–water partition coefficient (Wildman–Crippen LogP) is 2.03. The van der Waals surface area contributed by atoms with Crippen LogP contribution in [0.5, 0.6) is 0 Å². The molecule has 1 aromatic carbocycles. The van der Waals surface area contributed by atoms with Crippen LogP contribution in [0.4, 0.5) is 17.3 Å². The SMILES string of the molecule is NC(=O)c1ncc(NC2CCCNC2)nc1Nc1cnc2ccccc2c1. The standard InChI is InChI=1S/C19H21N7O/c20-18(27)17-19(25-14-8-12-4-1-2-6-15(12)22-10-14)26-16(11-23-17)24-13-5-3-7-21-9-13/h1-2,4,6,8,10-11,13,21H,3,5,7,9H2,(H2,20,27)(H2,24,25,26). The van der Waals surface area contributed by atoms with Gasteiger partial charge >= 0.3 is 0 Å². The molecule has 1 saturated heterocycles. The van der Waals surface area contributed by atoms with Gasteiger partial charge in [0.15, 0.2) is 11.5 Å². The van der Waals surface area contributed by atoms with Crippen molar-refractivity contribution in [1.82, 2.24) is 20.3 Å². The molecule has 1 atom stereocenters. The summed E-state index contributed by atoms with van der Waals surface area (Å²) in [4.78, 5) is 24.9. The molecule has 8 nitrogen and oxygen atoms in total. The van der Waals surface area contributed by atoms with E-state index in [9.17, 15) is 4.79 Å². The zero-order valence-electron chi connectivity index (χ0n) is 14.8. The Bertz CT molecular complexity index is 969. The van der Waals surface area contributed by atoms with Gasteiger partial charge in [-0.05, 0) is 31.5 Å². The summed E-state index contributed by atoms with van der Waals surface area (Å²) < 4.78 is 0. The van der Waals surface area contributed by atoms with Crippen molar-refractivity contribution in [1.29, 1.82) is 0 Å². The second kappa shape index (κ2) is 7.55. The first kappa shape index (κ1) is 17.2. The van der Waals surface area contributed by atoms with E-state index in [1.165, 1.54) is 0 Å². The molecule has 3 aromatic rings. The van der Waals surface area contributed by atoms with Gasteiger partial charge in [-0.15, -0.1) is 0 Å². The summed E-state index contributed by atoms with van der Waals surface area (Å²) >= 11 is 0. The minimum absolute atomic E-state index is 0.0930. The van der Waals surface area contributed by atoms with Gasteiger partial charge in [0, 0.05) is 18.0 Å². The van der Waals surface area contributed by atoms with Crippen molar-refractivity contribution in [2.45, 2.75) is 18.9 Å². The number of carbonyl (C=O) groups excluding carboxylic acids is 1. The fraction of sp³-hybridized carbons (Fsp3) is 0.263. The minimum atomic E-state index is -0.635. The van der Waals surface area contributed by atoms with Crippen LogP contribution in [0.25, 0.3) is 10.9 Å². The summed E-state index contributed by atoms with van der Waals surface area (Å²) in [5.74, 6) is 0.280. The summed E-state index contributed by atoms with van der Waals surface area (Å²) in [5.41, 5.74) is 7.16. The molecule has 0 saturated carbocycles. The fourth-order valence-electron chi connectivity index (χ4n) is 3.19. The van der Waals surface area contributed by atoms with Crippen molar-refractivity contribution >= 4 is 34.1 Å². The highest BCUT2D eigenvalue weighted by molar-refractivity contribution is 5.96. The molecule has 0 bridgehead atoms. The number of aromatic nitrogens is 3. The van der Waals surface area contributed by atoms with Crippen LogP contribution in [0.1, 0.15) is 23.3 Å². The molecule has 0 radical (unpaired) electrons. The van der Waals surface area contributed by atoms with Gasteiger partial charge in [-0.3, -0.25) is 9.78 Å². The van der Waals surface area contributed by atoms with E-state index in [0.717, 1.165) is 36.8 Å². The third-order valence-corrected chi connectivity index (χ3v) is 4.51. The number of piperidine rings is 1. The number of primary amides is 1. The number of nitrogens with zero attached hydrogens (tertiary/aromatic N) is 3. The van der Waals surface area contributed by atoms with Crippen LogP contribution < -0.4 is 21.7 Å². The number of rotatable bonds is 5. The molecule has 2 aromatic heterocycles. The molecule has 3 heterocycles. The van der Waals surface area contributed by atoms with Gasteiger partial charge in [-0.1, -0.05) is 18.2 Å². The number of hydrogen-bond donors (Lipinski definition) is 4.